The predicted molar refractivity (Wildman–Crippen MR) is 93.7 cm³/mol. The Kier molecular flexibility index (Phi) is 5.01. The molecule has 1 amide bonds. The van der Waals surface area contributed by atoms with Crippen LogP contribution >= 0.6 is 0 Å². The molecule has 0 bridgehead atoms. The van der Waals surface area contributed by atoms with Crippen molar-refractivity contribution in [2.45, 2.75) is 46.3 Å². The summed E-state index contributed by atoms with van der Waals surface area (Å²) in [5.74, 6) is 0.238. The molecule has 0 unspecified atom stereocenters. The van der Waals surface area contributed by atoms with Crippen molar-refractivity contribution in [2.24, 2.45) is 0 Å². The smallest absolute Gasteiger partial charge is 0.420 e. The van der Waals surface area contributed by atoms with Gasteiger partial charge in [-0.15, -0.1) is 0 Å². The van der Waals surface area contributed by atoms with Gasteiger partial charge in [-0.25, -0.2) is 14.3 Å². The third kappa shape index (κ3) is 3.89. The van der Waals surface area contributed by atoms with Crippen molar-refractivity contribution in [3.05, 3.63) is 28.4 Å². The van der Waals surface area contributed by atoms with Crippen LogP contribution in [0.5, 0.6) is 0 Å². The van der Waals surface area contributed by atoms with E-state index >= 15 is 0 Å². The van der Waals surface area contributed by atoms with Crippen molar-refractivity contribution in [1.82, 2.24) is 19.0 Å². The van der Waals surface area contributed by atoms with Crippen LogP contribution in [0.2, 0.25) is 0 Å². The fourth-order valence-electron chi connectivity index (χ4n) is 2.32. The van der Waals surface area contributed by atoms with Gasteiger partial charge < -0.3 is 14.2 Å². The Morgan fingerprint density at radius 3 is 2.44 bits per heavy atom. The van der Waals surface area contributed by atoms with Crippen LogP contribution in [0.4, 0.5) is 4.79 Å². The summed E-state index contributed by atoms with van der Waals surface area (Å²) in [5, 5.41) is 0. The van der Waals surface area contributed by atoms with E-state index in [4.69, 9.17) is 4.74 Å². The molecule has 0 saturated carbocycles. The molecule has 2 aromatic rings. The highest BCUT2D eigenvalue weighted by Crippen LogP contribution is 2.17. The first-order valence-electron chi connectivity index (χ1n) is 8.09. The Labute approximate surface area is 146 Å². The van der Waals surface area contributed by atoms with E-state index in [-0.39, 0.29) is 18.0 Å². The van der Waals surface area contributed by atoms with Crippen molar-refractivity contribution in [3.63, 3.8) is 0 Å². The van der Waals surface area contributed by atoms with Crippen LogP contribution in [0.3, 0.4) is 0 Å². The molecule has 0 spiro atoms. The lowest BCUT2D eigenvalue weighted by molar-refractivity contribution is -0.129. The molecule has 0 aromatic carbocycles. The average Bonchev–Trinajstić information content (AvgIpc) is 2.87. The highest BCUT2D eigenvalue weighted by Gasteiger charge is 2.24. The number of hydrogen-bond donors (Lipinski definition) is 0. The SMILES string of the molecule is CCc1nc2c(=O)n(CC(=O)N(C)C)ccc2n1C(=O)OC(C)(C)C. The molecular weight excluding hydrogens is 324 g/mol. The van der Waals surface area contributed by atoms with Gasteiger partial charge >= 0.3 is 6.09 Å². The molecule has 8 heteroatoms. The molecule has 0 aliphatic carbocycles. The van der Waals surface area contributed by atoms with Crippen LogP contribution in [0.15, 0.2) is 17.1 Å². The van der Waals surface area contributed by atoms with E-state index in [2.05, 4.69) is 4.98 Å². The lowest BCUT2D eigenvalue weighted by atomic mass is 10.2. The summed E-state index contributed by atoms with van der Waals surface area (Å²) in [6.07, 6.45) is 1.38. The average molecular weight is 348 g/mol. The number of likely N-dealkylation sites (N-methyl/N-ethyl adjacent to an activating group) is 1. The number of aromatic nitrogens is 3. The minimum absolute atomic E-state index is 0.0808. The summed E-state index contributed by atoms with van der Waals surface area (Å²) < 4.78 is 8.02. The number of hydrogen-bond acceptors (Lipinski definition) is 5. The Bertz CT molecular complexity index is 871. The highest BCUT2D eigenvalue weighted by atomic mass is 16.6. The maximum Gasteiger partial charge on any atom is 0.420 e. The molecule has 2 aromatic heterocycles. The number of fused-ring (bicyclic) bond motifs is 1. The fraction of sp³-hybridized carbons (Fsp3) is 0.529. The standard InChI is InChI=1S/C17H24N4O4/c1-7-12-18-14-11(21(12)16(24)25-17(2,3)4)8-9-20(15(14)23)10-13(22)19(5)6/h8-9H,7,10H2,1-6H3. The monoisotopic (exact) mass is 348 g/mol. The molecule has 0 aliphatic rings. The van der Waals surface area contributed by atoms with Crippen molar-refractivity contribution < 1.29 is 14.3 Å². The van der Waals surface area contributed by atoms with E-state index in [9.17, 15) is 14.4 Å². The van der Waals surface area contributed by atoms with Crippen molar-refractivity contribution in [3.8, 4) is 0 Å². The fourth-order valence-corrected chi connectivity index (χ4v) is 2.32. The molecule has 136 valence electrons. The van der Waals surface area contributed by atoms with Gasteiger partial charge in [-0.2, -0.15) is 0 Å². The van der Waals surface area contributed by atoms with Gasteiger partial charge in [0.05, 0.1) is 5.52 Å². The number of carbonyl (C=O) groups excluding carboxylic acids is 2. The molecule has 0 saturated heterocycles. The number of ether oxygens (including phenoxy) is 1. The number of rotatable bonds is 3. The molecule has 0 atom stereocenters. The quantitative estimate of drug-likeness (QED) is 0.841. The van der Waals surface area contributed by atoms with E-state index in [1.54, 1.807) is 40.9 Å². The van der Waals surface area contributed by atoms with Gasteiger partial charge in [-0.1, -0.05) is 6.92 Å². The Hall–Kier alpha value is -2.64. The molecule has 0 N–H and O–H groups in total. The second kappa shape index (κ2) is 6.70. The van der Waals surface area contributed by atoms with Gasteiger partial charge in [-0.3, -0.25) is 9.59 Å². The van der Waals surface area contributed by atoms with Gasteiger partial charge in [0.1, 0.15) is 18.0 Å². The van der Waals surface area contributed by atoms with Crippen LogP contribution in [0.1, 0.15) is 33.5 Å². The van der Waals surface area contributed by atoms with Gasteiger partial charge in [0.2, 0.25) is 5.91 Å². The highest BCUT2D eigenvalue weighted by molar-refractivity contribution is 5.87. The van der Waals surface area contributed by atoms with Crippen LogP contribution in [-0.4, -0.2) is 50.7 Å². The minimum Gasteiger partial charge on any atom is -0.443 e. The van der Waals surface area contributed by atoms with E-state index in [0.29, 0.717) is 17.8 Å². The summed E-state index contributed by atoms with van der Waals surface area (Å²) in [6.45, 7) is 7.08. The van der Waals surface area contributed by atoms with Crippen LogP contribution in [0.25, 0.3) is 11.0 Å². The van der Waals surface area contributed by atoms with Crippen molar-refractivity contribution >= 4 is 23.0 Å². The number of aryl methyl sites for hydroxylation is 1. The lowest BCUT2D eigenvalue weighted by Crippen LogP contribution is -2.31. The summed E-state index contributed by atoms with van der Waals surface area (Å²) in [6, 6.07) is 1.61. The lowest BCUT2D eigenvalue weighted by Gasteiger charge is -2.20. The normalized spacial score (nSPS) is 11.6. The van der Waals surface area contributed by atoms with Gasteiger partial charge in [0.15, 0.2) is 5.52 Å². The van der Waals surface area contributed by atoms with E-state index in [0.717, 1.165) is 0 Å². The molecule has 2 heterocycles. The van der Waals surface area contributed by atoms with Crippen molar-refractivity contribution in [2.75, 3.05) is 14.1 Å². The minimum atomic E-state index is -0.661. The number of carbonyl (C=O) groups is 2. The molecular formula is C17H24N4O4. The first-order chi connectivity index (χ1) is 11.5. The number of pyridine rings is 1. The Morgan fingerprint density at radius 1 is 1.28 bits per heavy atom. The first kappa shape index (κ1) is 18.7. The van der Waals surface area contributed by atoms with E-state index < -0.39 is 17.3 Å². The zero-order valence-electron chi connectivity index (χ0n) is 15.5. The third-order valence-electron chi connectivity index (χ3n) is 3.55. The second-order valence-corrected chi connectivity index (χ2v) is 6.97. The zero-order chi connectivity index (χ0) is 18.9. The topological polar surface area (TPSA) is 86.4 Å². The molecule has 2 rings (SSSR count). The number of amides is 1. The molecule has 8 nitrogen and oxygen atoms in total. The Morgan fingerprint density at radius 2 is 1.92 bits per heavy atom. The molecule has 0 aliphatic heterocycles. The predicted octanol–water partition coefficient (Wildman–Crippen LogP) is 1.63. The van der Waals surface area contributed by atoms with Crippen LogP contribution in [0, 0.1) is 0 Å². The second-order valence-electron chi connectivity index (χ2n) is 6.97. The number of nitrogens with zero attached hydrogens (tertiary/aromatic N) is 4. The van der Waals surface area contributed by atoms with E-state index in [1.165, 1.54) is 20.2 Å². The zero-order valence-corrected chi connectivity index (χ0v) is 15.5. The summed E-state index contributed by atoms with van der Waals surface area (Å²) in [5.41, 5.74) is -0.544. The third-order valence-corrected chi connectivity index (χ3v) is 3.55. The summed E-state index contributed by atoms with van der Waals surface area (Å²) in [4.78, 5) is 42.7. The largest absolute Gasteiger partial charge is 0.443 e. The van der Waals surface area contributed by atoms with Crippen molar-refractivity contribution in [1.29, 1.82) is 0 Å². The summed E-state index contributed by atoms with van der Waals surface area (Å²) in [7, 11) is 3.25. The van der Waals surface area contributed by atoms with Gasteiger partial charge in [0, 0.05) is 26.7 Å². The molecule has 25 heavy (non-hydrogen) atoms. The molecule has 0 fully saturated rings. The Balaban J connectivity index is 2.55. The van der Waals surface area contributed by atoms with Gasteiger partial charge in [0.25, 0.3) is 5.56 Å². The van der Waals surface area contributed by atoms with E-state index in [1.807, 2.05) is 6.92 Å². The number of imidazole rings is 1. The summed E-state index contributed by atoms with van der Waals surface area (Å²) >= 11 is 0. The molecule has 0 radical (unpaired) electrons. The first-order valence-corrected chi connectivity index (χ1v) is 8.09. The van der Waals surface area contributed by atoms with Crippen LogP contribution < -0.4 is 5.56 Å². The maximum atomic E-state index is 12.6. The van der Waals surface area contributed by atoms with Crippen LogP contribution in [-0.2, 0) is 22.5 Å². The van der Waals surface area contributed by atoms with Gasteiger partial charge in [-0.05, 0) is 26.8 Å². The maximum absolute atomic E-state index is 12.6.